The van der Waals surface area contributed by atoms with Crippen molar-refractivity contribution < 1.29 is 30.0 Å². The minimum atomic E-state index is -4.75. The highest BCUT2D eigenvalue weighted by Crippen LogP contribution is 2.36. The summed E-state index contributed by atoms with van der Waals surface area (Å²) < 4.78 is 93.6. The lowest BCUT2D eigenvalue weighted by molar-refractivity contribution is -0.137. The Balaban J connectivity index is 1.80. The summed E-state index contributed by atoms with van der Waals surface area (Å²) in [4.78, 5) is -0.280. The van der Waals surface area contributed by atoms with Crippen LogP contribution in [0.4, 0.5) is 24.5 Å². The topological polar surface area (TPSA) is 92.3 Å². The molecule has 1 aromatic heterocycles. The highest BCUT2D eigenvalue weighted by atomic mass is 79.9. The number of hydrogen-bond acceptors (Lipinski definition) is 5. The summed E-state index contributed by atoms with van der Waals surface area (Å²) in [6.07, 6.45) is -4.75. The predicted octanol–water partition coefficient (Wildman–Crippen LogP) is 5.78. The van der Waals surface area contributed by atoms with E-state index < -0.39 is 36.8 Å². The molecule has 2 N–H and O–H groups in total. The lowest BCUT2D eigenvalue weighted by atomic mass is 10.2. The average Bonchev–Trinajstić information content (AvgIpc) is 3.10. The van der Waals surface area contributed by atoms with Crippen LogP contribution in [0.25, 0.3) is 0 Å². The molecule has 0 saturated heterocycles. The van der Waals surface area contributed by atoms with E-state index in [2.05, 4.69) is 20.7 Å². The highest BCUT2D eigenvalue weighted by Gasteiger charge is 2.33. The van der Waals surface area contributed by atoms with E-state index in [0.29, 0.717) is 9.85 Å². The first kappa shape index (κ1) is 23.9. The van der Waals surface area contributed by atoms with E-state index in [-0.39, 0.29) is 20.5 Å². The molecule has 0 unspecified atom stereocenters. The van der Waals surface area contributed by atoms with Gasteiger partial charge < -0.3 is 0 Å². The summed E-state index contributed by atoms with van der Waals surface area (Å²) in [5.74, 6) is 0. The normalized spacial score (nSPS) is 12.5. The maximum Gasteiger partial charge on any atom is 0.417 e. The summed E-state index contributed by atoms with van der Waals surface area (Å²) in [5.41, 5.74) is -1.40. The third-order valence-corrected chi connectivity index (χ3v) is 8.98. The molecule has 0 spiro atoms. The second-order valence-corrected chi connectivity index (χ2v) is 12.4. The minimum Gasteiger partial charge on any atom is -0.280 e. The van der Waals surface area contributed by atoms with Crippen LogP contribution >= 0.6 is 38.9 Å². The van der Waals surface area contributed by atoms with Crippen molar-refractivity contribution in [3.63, 3.8) is 0 Å². The summed E-state index contributed by atoms with van der Waals surface area (Å²) in [6, 6.07) is 10.3. The van der Waals surface area contributed by atoms with Crippen molar-refractivity contribution in [1.82, 2.24) is 0 Å². The molecule has 6 nitrogen and oxygen atoms in total. The molecule has 3 aromatic rings. The molecular formula is C17H11BrClF3N2O4S3. The molecule has 0 aliphatic rings. The summed E-state index contributed by atoms with van der Waals surface area (Å²) in [5, 5.41) is -0.565. The standard InChI is InChI=1S/C17H11BrClF3N2O4S3/c18-15-7-8-16(29-15)31(27,28)23-10-1-4-12(5-2-10)30(25,26)24-11-3-6-14(19)13(9-11)17(20,21)22/h1-9,23-24H. The molecule has 0 radical (unpaired) electrons. The Morgan fingerprint density at radius 2 is 1.42 bits per heavy atom. The van der Waals surface area contributed by atoms with Gasteiger partial charge in [0, 0.05) is 11.4 Å². The number of nitrogens with one attached hydrogen (secondary N) is 2. The second kappa shape index (κ2) is 8.62. The van der Waals surface area contributed by atoms with E-state index in [4.69, 9.17) is 11.6 Å². The quantitative estimate of drug-likeness (QED) is 0.390. The van der Waals surface area contributed by atoms with Gasteiger partial charge in [0.25, 0.3) is 20.0 Å². The third-order valence-electron chi connectivity index (χ3n) is 3.75. The van der Waals surface area contributed by atoms with Crippen LogP contribution in [0.5, 0.6) is 0 Å². The van der Waals surface area contributed by atoms with Gasteiger partial charge in [-0.25, -0.2) is 16.8 Å². The number of anilines is 2. The first-order chi connectivity index (χ1) is 14.3. The molecule has 1 heterocycles. The Morgan fingerprint density at radius 3 is 1.97 bits per heavy atom. The van der Waals surface area contributed by atoms with E-state index >= 15 is 0 Å². The van der Waals surface area contributed by atoms with Crippen LogP contribution in [0.3, 0.4) is 0 Å². The Hall–Kier alpha value is -1.80. The van der Waals surface area contributed by atoms with Gasteiger partial charge in [0.05, 0.1) is 19.3 Å². The van der Waals surface area contributed by atoms with Gasteiger partial charge in [-0.3, -0.25) is 9.44 Å². The van der Waals surface area contributed by atoms with Crippen LogP contribution in [0.15, 0.2) is 67.5 Å². The van der Waals surface area contributed by atoms with Crippen molar-refractivity contribution in [3.05, 3.63) is 69.0 Å². The Labute approximate surface area is 193 Å². The van der Waals surface area contributed by atoms with Crippen molar-refractivity contribution in [2.75, 3.05) is 9.44 Å². The largest absolute Gasteiger partial charge is 0.417 e. The molecule has 31 heavy (non-hydrogen) atoms. The Morgan fingerprint density at radius 1 is 0.839 bits per heavy atom. The number of benzene rings is 2. The summed E-state index contributed by atoms with van der Waals surface area (Å²) >= 11 is 9.70. The number of rotatable bonds is 6. The van der Waals surface area contributed by atoms with Gasteiger partial charge in [-0.2, -0.15) is 13.2 Å². The monoisotopic (exact) mass is 574 g/mol. The fraction of sp³-hybridized carbons (Fsp3) is 0.0588. The van der Waals surface area contributed by atoms with Crippen molar-refractivity contribution >= 4 is 70.3 Å². The lowest BCUT2D eigenvalue weighted by Gasteiger charge is -2.13. The molecule has 14 heteroatoms. The van der Waals surface area contributed by atoms with Crippen LogP contribution in [0, 0.1) is 0 Å². The van der Waals surface area contributed by atoms with Gasteiger partial charge in [0.2, 0.25) is 0 Å². The number of sulfonamides is 2. The average molecular weight is 576 g/mol. The first-order valence-electron chi connectivity index (χ1n) is 8.06. The predicted molar refractivity (Wildman–Crippen MR) is 117 cm³/mol. The van der Waals surface area contributed by atoms with Crippen molar-refractivity contribution in [3.8, 4) is 0 Å². The zero-order chi connectivity index (χ0) is 23.0. The second-order valence-electron chi connectivity index (χ2n) is 5.99. The van der Waals surface area contributed by atoms with E-state index in [1.54, 1.807) is 6.07 Å². The molecule has 2 aromatic carbocycles. The molecule has 0 aliphatic heterocycles. The fourth-order valence-electron chi connectivity index (χ4n) is 2.37. The van der Waals surface area contributed by atoms with Gasteiger partial charge in [0.15, 0.2) is 0 Å². The Bertz CT molecular complexity index is 1330. The van der Waals surface area contributed by atoms with Gasteiger partial charge in [-0.05, 0) is 70.5 Å². The van der Waals surface area contributed by atoms with Crippen LogP contribution in [0.2, 0.25) is 5.02 Å². The van der Waals surface area contributed by atoms with E-state index in [0.717, 1.165) is 35.6 Å². The first-order valence-corrected chi connectivity index (χ1v) is 13.0. The molecule has 0 aliphatic carbocycles. The molecule has 0 amide bonds. The molecule has 0 saturated carbocycles. The van der Waals surface area contributed by atoms with Crippen LogP contribution in [-0.4, -0.2) is 16.8 Å². The van der Waals surface area contributed by atoms with Crippen LogP contribution < -0.4 is 9.44 Å². The van der Waals surface area contributed by atoms with Gasteiger partial charge >= 0.3 is 6.18 Å². The van der Waals surface area contributed by atoms with Crippen molar-refractivity contribution in [2.45, 2.75) is 15.3 Å². The molecule has 0 atom stereocenters. The van der Waals surface area contributed by atoms with Gasteiger partial charge in [-0.15, -0.1) is 11.3 Å². The lowest BCUT2D eigenvalue weighted by Crippen LogP contribution is -2.15. The zero-order valence-electron chi connectivity index (χ0n) is 14.9. The number of hydrogen-bond donors (Lipinski definition) is 2. The minimum absolute atomic E-state index is 0.0564. The summed E-state index contributed by atoms with van der Waals surface area (Å²) in [7, 11) is -8.10. The van der Waals surface area contributed by atoms with Crippen molar-refractivity contribution in [1.29, 1.82) is 0 Å². The molecule has 3 rings (SSSR count). The maximum atomic E-state index is 13.0. The van der Waals surface area contributed by atoms with E-state index in [1.807, 2.05) is 4.72 Å². The smallest absolute Gasteiger partial charge is 0.280 e. The number of halogens is 5. The van der Waals surface area contributed by atoms with Crippen LogP contribution in [-0.2, 0) is 26.2 Å². The molecule has 0 bridgehead atoms. The molecule has 166 valence electrons. The Kier molecular flexibility index (Phi) is 6.63. The zero-order valence-corrected chi connectivity index (χ0v) is 19.7. The fourth-order valence-corrected chi connectivity index (χ4v) is 6.71. The van der Waals surface area contributed by atoms with E-state index in [1.165, 1.54) is 18.2 Å². The highest BCUT2D eigenvalue weighted by molar-refractivity contribution is 9.11. The summed E-state index contributed by atoms with van der Waals surface area (Å²) in [6.45, 7) is 0. The third kappa shape index (κ3) is 5.71. The van der Waals surface area contributed by atoms with Gasteiger partial charge in [-0.1, -0.05) is 11.6 Å². The van der Waals surface area contributed by atoms with Crippen LogP contribution in [0.1, 0.15) is 5.56 Å². The molecular weight excluding hydrogens is 565 g/mol. The number of thiophene rings is 1. The number of alkyl halides is 3. The maximum absolute atomic E-state index is 13.0. The SMILES string of the molecule is O=S(=O)(Nc1ccc(Cl)c(C(F)(F)F)c1)c1ccc(NS(=O)(=O)c2ccc(Br)s2)cc1. The van der Waals surface area contributed by atoms with Crippen molar-refractivity contribution in [2.24, 2.45) is 0 Å². The molecule has 0 fully saturated rings. The van der Waals surface area contributed by atoms with Gasteiger partial charge in [0.1, 0.15) is 4.21 Å². The van der Waals surface area contributed by atoms with E-state index in [9.17, 15) is 30.0 Å².